The molecule has 1 atom stereocenters. The number of rotatable bonds is 7. The fraction of sp³-hybridized carbons (Fsp3) is 0.304. The van der Waals surface area contributed by atoms with Gasteiger partial charge in [-0.2, -0.15) is 5.10 Å². The summed E-state index contributed by atoms with van der Waals surface area (Å²) in [6.07, 6.45) is 4.24. The molecule has 0 radical (unpaired) electrons. The fourth-order valence-corrected chi connectivity index (χ4v) is 3.40. The Morgan fingerprint density at radius 3 is 2.54 bits per heavy atom. The molecule has 1 aromatic heterocycles. The third-order valence-corrected chi connectivity index (χ3v) is 5.25. The molecule has 5 nitrogen and oxygen atoms in total. The number of carbonyl (C=O) groups is 1. The van der Waals surface area contributed by atoms with Gasteiger partial charge in [-0.3, -0.25) is 9.48 Å². The molecular formula is C23H25N3O2. The van der Waals surface area contributed by atoms with E-state index in [2.05, 4.69) is 24.4 Å². The van der Waals surface area contributed by atoms with E-state index in [-0.39, 0.29) is 11.9 Å². The normalized spacial score (nSPS) is 14.5. The number of hydrogen-bond acceptors (Lipinski definition) is 3. The number of amides is 1. The van der Waals surface area contributed by atoms with E-state index in [1.807, 2.05) is 53.3 Å². The van der Waals surface area contributed by atoms with E-state index >= 15 is 0 Å². The van der Waals surface area contributed by atoms with Crippen LogP contribution >= 0.6 is 0 Å². The van der Waals surface area contributed by atoms with Crippen LogP contribution in [0.5, 0.6) is 5.75 Å². The molecule has 0 bridgehead atoms. The van der Waals surface area contributed by atoms with Crippen LogP contribution in [0.1, 0.15) is 35.7 Å². The van der Waals surface area contributed by atoms with Crippen molar-refractivity contribution < 1.29 is 9.53 Å². The maximum Gasteiger partial charge on any atom is 0.255 e. The number of aromatic nitrogens is 2. The van der Waals surface area contributed by atoms with Gasteiger partial charge in [0.2, 0.25) is 0 Å². The van der Waals surface area contributed by atoms with Crippen LogP contribution in [0.2, 0.25) is 0 Å². The summed E-state index contributed by atoms with van der Waals surface area (Å²) in [7, 11) is 1.64. The number of methoxy groups -OCH3 is 1. The summed E-state index contributed by atoms with van der Waals surface area (Å²) in [5.41, 5.74) is 3.34. The number of hydrogen-bond donors (Lipinski definition) is 1. The first-order chi connectivity index (χ1) is 13.6. The standard InChI is InChI=1S/C23H25N3O2/c1-16(18-8-9-18)24-23(27)21-15-26(14-17-6-4-3-5-7-17)25-22(21)19-10-12-20(28-2)13-11-19/h3-7,10-13,15-16,18H,8-9,14H2,1-2H3,(H,24,27)/t16-/m1/s1. The number of ether oxygens (including phenoxy) is 1. The van der Waals surface area contributed by atoms with Gasteiger partial charge in [0.05, 0.1) is 19.2 Å². The van der Waals surface area contributed by atoms with E-state index in [1.165, 1.54) is 12.8 Å². The van der Waals surface area contributed by atoms with Crippen molar-refractivity contribution in [2.45, 2.75) is 32.4 Å². The molecule has 1 fully saturated rings. The van der Waals surface area contributed by atoms with Crippen LogP contribution in [0.4, 0.5) is 0 Å². The monoisotopic (exact) mass is 375 g/mol. The van der Waals surface area contributed by atoms with Gasteiger partial charge in [-0.1, -0.05) is 30.3 Å². The number of carbonyl (C=O) groups excluding carboxylic acids is 1. The van der Waals surface area contributed by atoms with Crippen LogP contribution < -0.4 is 10.1 Å². The molecule has 0 unspecified atom stereocenters. The van der Waals surface area contributed by atoms with Gasteiger partial charge in [-0.15, -0.1) is 0 Å². The summed E-state index contributed by atoms with van der Waals surface area (Å²) < 4.78 is 7.09. The van der Waals surface area contributed by atoms with Crippen molar-refractivity contribution >= 4 is 5.91 Å². The Balaban J connectivity index is 1.65. The van der Waals surface area contributed by atoms with E-state index in [0.717, 1.165) is 16.9 Å². The van der Waals surface area contributed by atoms with Gasteiger partial charge in [0, 0.05) is 17.8 Å². The molecule has 0 aliphatic heterocycles. The van der Waals surface area contributed by atoms with Crippen LogP contribution in [0, 0.1) is 5.92 Å². The van der Waals surface area contributed by atoms with E-state index < -0.39 is 0 Å². The Kier molecular flexibility index (Phi) is 5.15. The molecular weight excluding hydrogens is 350 g/mol. The molecule has 1 heterocycles. The van der Waals surface area contributed by atoms with E-state index in [1.54, 1.807) is 7.11 Å². The van der Waals surface area contributed by atoms with Gasteiger partial charge in [0.15, 0.2) is 0 Å². The molecule has 1 saturated carbocycles. The summed E-state index contributed by atoms with van der Waals surface area (Å²) in [5.74, 6) is 1.32. The molecule has 1 aliphatic carbocycles. The molecule has 144 valence electrons. The highest BCUT2D eigenvalue weighted by Crippen LogP contribution is 2.33. The Morgan fingerprint density at radius 2 is 1.89 bits per heavy atom. The van der Waals surface area contributed by atoms with Gasteiger partial charge in [-0.05, 0) is 55.5 Å². The molecule has 1 N–H and O–H groups in total. The first kappa shape index (κ1) is 18.3. The molecule has 2 aromatic carbocycles. The quantitative estimate of drug-likeness (QED) is 0.675. The second-order valence-corrected chi connectivity index (χ2v) is 7.40. The van der Waals surface area contributed by atoms with E-state index in [4.69, 9.17) is 9.84 Å². The lowest BCUT2D eigenvalue weighted by atomic mass is 10.1. The fourth-order valence-electron chi connectivity index (χ4n) is 3.40. The molecule has 5 heteroatoms. The molecule has 0 saturated heterocycles. The lowest BCUT2D eigenvalue weighted by molar-refractivity contribution is 0.0936. The minimum absolute atomic E-state index is 0.0653. The lowest BCUT2D eigenvalue weighted by Crippen LogP contribution is -2.34. The smallest absolute Gasteiger partial charge is 0.255 e. The summed E-state index contributed by atoms with van der Waals surface area (Å²) in [6, 6.07) is 18.0. The predicted octanol–water partition coefficient (Wildman–Crippen LogP) is 4.14. The summed E-state index contributed by atoms with van der Waals surface area (Å²) in [6.45, 7) is 2.70. The number of benzene rings is 2. The minimum Gasteiger partial charge on any atom is -0.497 e. The van der Waals surface area contributed by atoms with Crippen LogP contribution in [0.25, 0.3) is 11.3 Å². The van der Waals surface area contributed by atoms with Crippen molar-refractivity contribution in [1.82, 2.24) is 15.1 Å². The van der Waals surface area contributed by atoms with Crippen molar-refractivity contribution in [2.75, 3.05) is 7.11 Å². The van der Waals surface area contributed by atoms with Crippen LogP contribution in [0.15, 0.2) is 60.8 Å². The first-order valence-electron chi connectivity index (χ1n) is 9.70. The zero-order valence-corrected chi connectivity index (χ0v) is 16.3. The second-order valence-electron chi connectivity index (χ2n) is 7.40. The third-order valence-electron chi connectivity index (χ3n) is 5.25. The molecule has 0 spiro atoms. The Morgan fingerprint density at radius 1 is 1.18 bits per heavy atom. The molecule has 3 aromatic rings. The minimum atomic E-state index is -0.0653. The van der Waals surface area contributed by atoms with Crippen molar-refractivity contribution in [3.05, 3.63) is 71.9 Å². The molecule has 1 amide bonds. The summed E-state index contributed by atoms with van der Waals surface area (Å²) >= 11 is 0. The Labute approximate surface area is 165 Å². The number of nitrogens with one attached hydrogen (secondary N) is 1. The second kappa shape index (κ2) is 7.89. The molecule has 1 aliphatic rings. The largest absolute Gasteiger partial charge is 0.497 e. The molecule has 28 heavy (non-hydrogen) atoms. The highest BCUT2D eigenvalue weighted by atomic mass is 16.5. The van der Waals surface area contributed by atoms with Gasteiger partial charge in [-0.25, -0.2) is 0 Å². The average Bonchev–Trinajstić information content (AvgIpc) is 3.49. The van der Waals surface area contributed by atoms with Crippen LogP contribution in [-0.2, 0) is 6.54 Å². The van der Waals surface area contributed by atoms with Gasteiger partial charge < -0.3 is 10.1 Å². The van der Waals surface area contributed by atoms with E-state index in [0.29, 0.717) is 23.7 Å². The topological polar surface area (TPSA) is 56.2 Å². The highest BCUT2D eigenvalue weighted by molar-refractivity contribution is 6.00. The first-order valence-corrected chi connectivity index (χ1v) is 9.70. The third kappa shape index (κ3) is 4.09. The molecule has 4 rings (SSSR count). The Bertz CT molecular complexity index is 944. The maximum absolute atomic E-state index is 13.0. The van der Waals surface area contributed by atoms with Gasteiger partial charge in [0.25, 0.3) is 5.91 Å². The van der Waals surface area contributed by atoms with Crippen molar-refractivity contribution in [2.24, 2.45) is 5.92 Å². The van der Waals surface area contributed by atoms with Crippen molar-refractivity contribution in [1.29, 1.82) is 0 Å². The van der Waals surface area contributed by atoms with Crippen molar-refractivity contribution in [3.63, 3.8) is 0 Å². The SMILES string of the molecule is COc1ccc(-c2nn(Cc3ccccc3)cc2C(=O)N[C@H](C)C2CC2)cc1. The number of nitrogens with zero attached hydrogens (tertiary/aromatic N) is 2. The zero-order valence-electron chi connectivity index (χ0n) is 16.3. The summed E-state index contributed by atoms with van der Waals surface area (Å²) in [5, 5.41) is 7.89. The summed E-state index contributed by atoms with van der Waals surface area (Å²) in [4.78, 5) is 13.0. The van der Waals surface area contributed by atoms with E-state index in [9.17, 15) is 4.79 Å². The zero-order chi connectivity index (χ0) is 19.5. The maximum atomic E-state index is 13.0. The van der Waals surface area contributed by atoms with Crippen LogP contribution in [-0.4, -0.2) is 28.8 Å². The predicted molar refractivity (Wildman–Crippen MR) is 109 cm³/mol. The lowest BCUT2D eigenvalue weighted by Gasteiger charge is -2.12. The Hall–Kier alpha value is -3.08. The van der Waals surface area contributed by atoms with Gasteiger partial charge in [0.1, 0.15) is 11.4 Å². The van der Waals surface area contributed by atoms with Crippen LogP contribution in [0.3, 0.4) is 0 Å². The highest BCUT2D eigenvalue weighted by Gasteiger charge is 2.30. The van der Waals surface area contributed by atoms with Gasteiger partial charge >= 0.3 is 0 Å². The van der Waals surface area contributed by atoms with Crippen molar-refractivity contribution in [3.8, 4) is 17.0 Å². The average molecular weight is 375 g/mol.